The normalized spacial score (nSPS) is 10.4. The van der Waals surface area contributed by atoms with E-state index in [2.05, 4.69) is 0 Å². The van der Waals surface area contributed by atoms with E-state index in [1.165, 1.54) is 12.1 Å². The van der Waals surface area contributed by atoms with Crippen LogP contribution in [0.25, 0.3) is 0 Å². The highest BCUT2D eigenvalue weighted by molar-refractivity contribution is 5.77. The summed E-state index contributed by atoms with van der Waals surface area (Å²) in [4.78, 5) is 13.5. The van der Waals surface area contributed by atoms with E-state index < -0.39 is 0 Å². The Morgan fingerprint density at radius 2 is 2.17 bits per heavy atom. The first-order chi connectivity index (χ1) is 8.67. The van der Waals surface area contributed by atoms with Crippen molar-refractivity contribution in [1.29, 1.82) is 0 Å². The van der Waals surface area contributed by atoms with Gasteiger partial charge in [-0.1, -0.05) is 19.1 Å². The Morgan fingerprint density at radius 1 is 1.39 bits per heavy atom. The molecule has 0 N–H and O–H groups in total. The third-order valence-electron chi connectivity index (χ3n) is 2.57. The minimum absolute atomic E-state index is 0.0600. The first kappa shape index (κ1) is 14.6. The number of carbonyl (C=O) groups excluding carboxylic acids is 1. The molecule has 0 unspecified atom stereocenters. The lowest BCUT2D eigenvalue weighted by molar-refractivity contribution is -0.136. The van der Waals surface area contributed by atoms with Crippen LogP contribution in [-0.2, 0) is 16.1 Å². The predicted octanol–water partition coefficient (Wildman–Crippen LogP) is 2.60. The largest absolute Gasteiger partial charge is 0.372 e. The van der Waals surface area contributed by atoms with E-state index in [1.54, 1.807) is 11.0 Å². The number of amides is 1. The van der Waals surface area contributed by atoms with Gasteiger partial charge in [0.05, 0.1) is 0 Å². The smallest absolute Gasteiger partial charge is 0.248 e. The van der Waals surface area contributed by atoms with E-state index in [4.69, 9.17) is 4.74 Å². The van der Waals surface area contributed by atoms with Crippen molar-refractivity contribution in [2.24, 2.45) is 0 Å². The Labute approximate surface area is 108 Å². The zero-order chi connectivity index (χ0) is 13.4. The van der Waals surface area contributed by atoms with Crippen molar-refractivity contribution in [3.05, 3.63) is 35.6 Å². The van der Waals surface area contributed by atoms with Crippen LogP contribution < -0.4 is 0 Å². The Morgan fingerprint density at radius 3 is 2.78 bits per heavy atom. The Balaban J connectivity index is 2.53. The number of nitrogens with zero attached hydrogens (tertiary/aromatic N) is 1. The molecule has 0 atom stereocenters. The molecule has 100 valence electrons. The van der Waals surface area contributed by atoms with E-state index in [1.807, 2.05) is 19.9 Å². The zero-order valence-corrected chi connectivity index (χ0v) is 11.0. The van der Waals surface area contributed by atoms with Gasteiger partial charge in [-0.3, -0.25) is 4.79 Å². The SMILES string of the molecule is CCCOCC(=O)N(CC)Cc1cccc(F)c1. The van der Waals surface area contributed by atoms with Gasteiger partial charge in [-0.25, -0.2) is 4.39 Å². The van der Waals surface area contributed by atoms with Crippen molar-refractivity contribution < 1.29 is 13.9 Å². The molecule has 0 aliphatic carbocycles. The maximum atomic E-state index is 13.0. The fraction of sp³-hybridized carbons (Fsp3) is 0.500. The Bertz CT molecular complexity index is 382. The van der Waals surface area contributed by atoms with Gasteiger partial charge in [0.1, 0.15) is 12.4 Å². The minimum atomic E-state index is -0.279. The second-order valence-electron chi connectivity index (χ2n) is 4.09. The number of rotatable bonds is 7. The van der Waals surface area contributed by atoms with E-state index in [9.17, 15) is 9.18 Å². The van der Waals surface area contributed by atoms with Crippen LogP contribution in [-0.4, -0.2) is 30.6 Å². The van der Waals surface area contributed by atoms with Gasteiger partial charge in [0, 0.05) is 19.7 Å². The number of benzene rings is 1. The summed E-state index contributed by atoms with van der Waals surface area (Å²) in [6.45, 7) is 5.58. The highest BCUT2D eigenvalue weighted by atomic mass is 19.1. The highest BCUT2D eigenvalue weighted by Crippen LogP contribution is 2.07. The molecule has 0 fully saturated rings. The van der Waals surface area contributed by atoms with Crippen molar-refractivity contribution in [3.63, 3.8) is 0 Å². The standard InChI is InChI=1S/C14H20FNO2/c1-3-8-18-11-14(17)16(4-2)10-12-6-5-7-13(15)9-12/h5-7,9H,3-4,8,10-11H2,1-2H3. The molecule has 0 radical (unpaired) electrons. The van der Waals surface area contributed by atoms with E-state index in [0.29, 0.717) is 19.7 Å². The van der Waals surface area contributed by atoms with Gasteiger partial charge in [-0.05, 0) is 31.0 Å². The summed E-state index contributed by atoms with van der Waals surface area (Å²) in [5, 5.41) is 0. The number of hydrogen-bond acceptors (Lipinski definition) is 2. The van der Waals surface area contributed by atoms with Gasteiger partial charge in [0.2, 0.25) is 5.91 Å². The van der Waals surface area contributed by atoms with Crippen LogP contribution >= 0.6 is 0 Å². The summed E-state index contributed by atoms with van der Waals surface area (Å²) >= 11 is 0. The maximum absolute atomic E-state index is 13.0. The van der Waals surface area contributed by atoms with Crippen LogP contribution in [0.2, 0.25) is 0 Å². The molecule has 3 nitrogen and oxygen atoms in total. The molecule has 1 aromatic carbocycles. The molecule has 0 heterocycles. The van der Waals surface area contributed by atoms with Gasteiger partial charge >= 0.3 is 0 Å². The molecule has 0 aromatic heterocycles. The molecule has 0 aliphatic heterocycles. The van der Waals surface area contributed by atoms with E-state index >= 15 is 0 Å². The molecular formula is C14H20FNO2. The molecule has 0 saturated heterocycles. The van der Waals surface area contributed by atoms with Crippen LogP contribution in [0.3, 0.4) is 0 Å². The first-order valence-corrected chi connectivity index (χ1v) is 6.27. The van der Waals surface area contributed by atoms with Crippen LogP contribution in [0.4, 0.5) is 4.39 Å². The lowest BCUT2D eigenvalue weighted by atomic mass is 10.2. The Hall–Kier alpha value is -1.42. The molecule has 0 saturated carbocycles. The minimum Gasteiger partial charge on any atom is -0.372 e. The quantitative estimate of drug-likeness (QED) is 0.699. The maximum Gasteiger partial charge on any atom is 0.248 e. The number of ether oxygens (including phenoxy) is 1. The lowest BCUT2D eigenvalue weighted by Crippen LogP contribution is -2.33. The fourth-order valence-corrected chi connectivity index (χ4v) is 1.63. The summed E-state index contributed by atoms with van der Waals surface area (Å²) in [7, 11) is 0. The van der Waals surface area contributed by atoms with Crippen LogP contribution in [0.5, 0.6) is 0 Å². The van der Waals surface area contributed by atoms with Crippen molar-refractivity contribution in [3.8, 4) is 0 Å². The van der Waals surface area contributed by atoms with Gasteiger partial charge in [-0.15, -0.1) is 0 Å². The Kier molecular flexibility index (Phi) is 6.36. The monoisotopic (exact) mass is 253 g/mol. The van der Waals surface area contributed by atoms with Gasteiger partial charge in [-0.2, -0.15) is 0 Å². The fourth-order valence-electron chi connectivity index (χ4n) is 1.63. The predicted molar refractivity (Wildman–Crippen MR) is 68.6 cm³/mol. The summed E-state index contributed by atoms with van der Waals surface area (Å²) in [6, 6.07) is 6.30. The average molecular weight is 253 g/mol. The topological polar surface area (TPSA) is 29.5 Å². The molecule has 4 heteroatoms. The summed E-state index contributed by atoms with van der Waals surface area (Å²) in [5.41, 5.74) is 0.792. The molecular weight excluding hydrogens is 233 g/mol. The van der Waals surface area contributed by atoms with Crippen molar-refractivity contribution in [2.45, 2.75) is 26.8 Å². The number of likely N-dealkylation sites (N-methyl/N-ethyl adjacent to an activating group) is 1. The number of hydrogen-bond donors (Lipinski definition) is 0. The average Bonchev–Trinajstić information content (AvgIpc) is 2.36. The van der Waals surface area contributed by atoms with Gasteiger partial charge in [0.15, 0.2) is 0 Å². The summed E-state index contributed by atoms with van der Waals surface area (Å²) in [6.07, 6.45) is 0.892. The molecule has 1 rings (SSSR count). The van der Waals surface area contributed by atoms with Gasteiger partial charge < -0.3 is 9.64 Å². The molecule has 0 aliphatic rings. The second-order valence-corrected chi connectivity index (χ2v) is 4.09. The molecule has 18 heavy (non-hydrogen) atoms. The first-order valence-electron chi connectivity index (χ1n) is 6.27. The molecule has 0 spiro atoms. The van der Waals surface area contributed by atoms with Crippen LogP contribution in [0.15, 0.2) is 24.3 Å². The second kappa shape index (κ2) is 7.82. The van der Waals surface area contributed by atoms with E-state index in [0.717, 1.165) is 12.0 Å². The van der Waals surface area contributed by atoms with Crippen LogP contribution in [0.1, 0.15) is 25.8 Å². The summed E-state index contributed by atoms with van der Waals surface area (Å²) in [5.74, 6) is -0.339. The third-order valence-corrected chi connectivity index (χ3v) is 2.57. The highest BCUT2D eigenvalue weighted by Gasteiger charge is 2.12. The lowest BCUT2D eigenvalue weighted by Gasteiger charge is -2.21. The molecule has 1 amide bonds. The molecule has 0 bridgehead atoms. The third kappa shape index (κ3) is 4.84. The van der Waals surface area contributed by atoms with Crippen molar-refractivity contribution in [2.75, 3.05) is 19.8 Å². The van der Waals surface area contributed by atoms with E-state index in [-0.39, 0.29) is 18.3 Å². The van der Waals surface area contributed by atoms with Gasteiger partial charge in [0.25, 0.3) is 0 Å². The van der Waals surface area contributed by atoms with Crippen molar-refractivity contribution >= 4 is 5.91 Å². The van der Waals surface area contributed by atoms with Crippen LogP contribution in [0, 0.1) is 5.82 Å². The zero-order valence-electron chi connectivity index (χ0n) is 11.0. The number of halogens is 1. The summed E-state index contributed by atoms with van der Waals surface area (Å²) < 4.78 is 18.3. The van der Waals surface area contributed by atoms with Crippen molar-refractivity contribution in [1.82, 2.24) is 4.90 Å². The molecule has 1 aromatic rings. The number of carbonyl (C=O) groups is 1.